The molecule has 104 valence electrons. The minimum Gasteiger partial charge on any atom is -0.493 e. The van der Waals surface area contributed by atoms with Crippen molar-refractivity contribution in [2.45, 2.75) is 6.42 Å². The number of ether oxygens (including phenoxy) is 1. The molecule has 7 heteroatoms. The molecule has 0 aliphatic heterocycles. The average Bonchev–Trinajstić information content (AvgIpc) is 2.38. The maximum atomic E-state index is 11.7. The summed E-state index contributed by atoms with van der Waals surface area (Å²) in [5, 5.41) is 2.72. The third-order valence-corrected chi connectivity index (χ3v) is 2.64. The molecule has 0 unspecified atom stereocenters. The summed E-state index contributed by atoms with van der Waals surface area (Å²) in [7, 11) is 0. The summed E-state index contributed by atoms with van der Waals surface area (Å²) >= 11 is 11.3. The number of benzene rings is 1. The first-order valence-corrected chi connectivity index (χ1v) is 6.57. The number of nitrogens with one attached hydrogen (secondary N) is 1. The lowest BCUT2D eigenvalue weighted by molar-refractivity contribution is -0.116. The van der Waals surface area contributed by atoms with E-state index in [-0.39, 0.29) is 35.2 Å². The molecular formula is C13H11Cl2N3O2. The molecule has 0 bridgehead atoms. The van der Waals surface area contributed by atoms with Crippen LogP contribution in [-0.4, -0.2) is 22.5 Å². The maximum Gasteiger partial charge on any atom is 0.228 e. The number of aromatic nitrogens is 2. The number of anilines is 1. The van der Waals surface area contributed by atoms with E-state index in [1.54, 1.807) is 0 Å². The number of amides is 1. The Morgan fingerprint density at radius 1 is 1.20 bits per heavy atom. The summed E-state index contributed by atoms with van der Waals surface area (Å²) < 4.78 is 5.42. The van der Waals surface area contributed by atoms with Crippen LogP contribution in [0.4, 0.5) is 5.82 Å². The van der Waals surface area contributed by atoms with Crippen molar-refractivity contribution in [3.8, 4) is 5.75 Å². The van der Waals surface area contributed by atoms with Crippen molar-refractivity contribution in [3.63, 3.8) is 0 Å². The number of para-hydroxylation sites is 1. The molecule has 0 saturated carbocycles. The lowest BCUT2D eigenvalue weighted by Gasteiger charge is -2.07. The van der Waals surface area contributed by atoms with E-state index < -0.39 is 0 Å². The Balaban J connectivity index is 1.81. The van der Waals surface area contributed by atoms with Gasteiger partial charge in [0, 0.05) is 6.07 Å². The van der Waals surface area contributed by atoms with Crippen LogP contribution in [0.2, 0.25) is 10.4 Å². The number of carbonyl (C=O) groups is 1. The average molecular weight is 312 g/mol. The number of carbonyl (C=O) groups excluding carboxylic acids is 1. The van der Waals surface area contributed by atoms with Gasteiger partial charge in [0.2, 0.25) is 11.2 Å². The molecule has 1 heterocycles. The smallest absolute Gasteiger partial charge is 0.228 e. The molecule has 0 fully saturated rings. The summed E-state index contributed by atoms with van der Waals surface area (Å²) in [6.45, 7) is 0.266. The van der Waals surface area contributed by atoms with Crippen molar-refractivity contribution >= 4 is 34.9 Å². The van der Waals surface area contributed by atoms with Gasteiger partial charge >= 0.3 is 0 Å². The molecular weight excluding hydrogens is 301 g/mol. The fraction of sp³-hybridized carbons (Fsp3) is 0.154. The van der Waals surface area contributed by atoms with Crippen molar-refractivity contribution in [3.05, 3.63) is 46.8 Å². The fourth-order valence-corrected chi connectivity index (χ4v) is 1.85. The first-order chi connectivity index (χ1) is 9.63. The van der Waals surface area contributed by atoms with Crippen LogP contribution >= 0.6 is 23.2 Å². The van der Waals surface area contributed by atoms with Gasteiger partial charge in [0.15, 0.2) is 0 Å². The first-order valence-electron chi connectivity index (χ1n) is 5.81. The Labute approximate surface area is 125 Å². The summed E-state index contributed by atoms with van der Waals surface area (Å²) in [5.74, 6) is 0.736. The number of rotatable bonds is 5. The number of hydrogen-bond donors (Lipinski definition) is 1. The van der Waals surface area contributed by atoms with E-state index in [0.717, 1.165) is 0 Å². The number of hydrogen-bond acceptors (Lipinski definition) is 4. The van der Waals surface area contributed by atoms with Crippen LogP contribution in [0.3, 0.4) is 0 Å². The predicted octanol–water partition coefficient (Wildman–Crippen LogP) is 3.19. The molecule has 0 aliphatic rings. The van der Waals surface area contributed by atoms with E-state index >= 15 is 0 Å². The molecule has 0 aliphatic carbocycles. The van der Waals surface area contributed by atoms with E-state index in [1.165, 1.54) is 6.07 Å². The summed E-state index contributed by atoms with van der Waals surface area (Å²) in [5.41, 5.74) is 0. The minimum atomic E-state index is -0.244. The highest BCUT2D eigenvalue weighted by atomic mass is 35.5. The van der Waals surface area contributed by atoms with Gasteiger partial charge in [-0.3, -0.25) is 4.79 Å². The van der Waals surface area contributed by atoms with E-state index in [0.29, 0.717) is 5.75 Å². The second kappa shape index (κ2) is 7.07. The molecule has 0 atom stereocenters. The highest BCUT2D eigenvalue weighted by Gasteiger charge is 2.06. The Morgan fingerprint density at radius 3 is 2.65 bits per heavy atom. The van der Waals surface area contributed by atoms with Gasteiger partial charge < -0.3 is 10.1 Å². The molecule has 1 aromatic carbocycles. The van der Waals surface area contributed by atoms with Crippen molar-refractivity contribution in [1.29, 1.82) is 0 Å². The van der Waals surface area contributed by atoms with Gasteiger partial charge in [0.25, 0.3) is 0 Å². The zero-order valence-electron chi connectivity index (χ0n) is 10.3. The van der Waals surface area contributed by atoms with Crippen LogP contribution in [0, 0.1) is 0 Å². The number of halogens is 2. The zero-order chi connectivity index (χ0) is 14.4. The predicted molar refractivity (Wildman–Crippen MR) is 77.2 cm³/mol. The highest BCUT2D eigenvalue weighted by Crippen LogP contribution is 2.14. The molecule has 2 rings (SSSR count). The normalized spacial score (nSPS) is 10.1. The van der Waals surface area contributed by atoms with Crippen LogP contribution < -0.4 is 10.1 Å². The van der Waals surface area contributed by atoms with Crippen LogP contribution in [0.1, 0.15) is 6.42 Å². The first kappa shape index (κ1) is 14.6. The van der Waals surface area contributed by atoms with Gasteiger partial charge in [-0.15, -0.1) is 0 Å². The summed E-state index contributed by atoms with van der Waals surface area (Å²) in [6, 6.07) is 10.7. The van der Waals surface area contributed by atoms with Crippen molar-refractivity contribution in [2.24, 2.45) is 0 Å². The fourth-order valence-electron chi connectivity index (χ4n) is 1.44. The lowest BCUT2D eigenvalue weighted by atomic mass is 10.3. The van der Waals surface area contributed by atoms with Gasteiger partial charge in [-0.1, -0.05) is 29.8 Å². The summed E-state index contributed by atoms with van der Waals surface area (Å²) in [6.07, 6.45) is 0.189. The largest absolute Gasteiger partial charge is 0.493 e. The molecule has 1 aromatic heterocycles. The van der Waals surface area contributed by atoms with Gasteiger partial charge in [-0.25, -0.2) is 9.97 Å². The second-order valence-electron chi connectivity index (χ2n) is 3.80. The Hall–Kier alpha value is -1.85. The van der Waals surface area contributed by atoms with Crippen molar-refractivity contribution in [1.82, 2.24) is 9.97 Å². The maximum absolute atomic E-state index is 11.7. The Bertz CT molecular complexity index is 573. The third kappa shape index (κ3) is 4.68. The number of nitrogens with zero attached hydrogens (tertiary/aromatic N) is 2. The zero-order valence-corrected chi connectivity index (χ0v) is 11.9. The van der Waals surface area contributed by atoms with Crippen LogP contribution in [0.5, 0.6) is 5.75 Å². The van der Waals surface area contributed by atoms with E-state index in [4.69, 9.17) is 27.9 Å². The topological polar surface area (TPSA) is 64.1 Å². The monoisotopic (exact) mass is 311 g/mol. The summed E-state index contributed by atoms with van der Waals surface area (Å²) in [4.78, 5) is 19.2. The van der Waals surface area contributed by atoms with Crippen LogP contribution in [-0.2, 0) is 4.79 Å². The minimum absolute atomic E-state index is 0.0201. The van der Waals surface area contributed by atoms with Gasteiger partial charge in [-0.05, 0) is 23.7 Å². The Morgan fingerprint density at radius 2 is 1.95 bits per heavy atom. The molecule has 20 heavy (non-hydrogen) atoms. The molecule has 5 nitrogen and oxygen atoms in total. The molecule has 1 amide bonds. The SMILES string of the molecule is O=C(CCOc1ccccc1)Nc1cc(Cl)nc(Cl)n1. The van der Waals surface area contributed by atoms with Gasteiger partial charge in [0.05, 0.1) is 13.0 Å². The quantitative estimate of drug-likeness (QED) is 0.680. The molecule has 0 radical (unpaired) electrons. The van der Waals surface area contributed by atoms with Crippen LogP contribution in [0.15, 0.2) is 36.4 Å². The molecule has 0 saturated heterocycles. The van der Waals surface area contributed by atoms with Gasteiger partial charge in [0.1, 0.15) is 16.7 Å². The van der Waals surface area contributed by atoms with E-state index in [9.17, 15) is 4.79 Å². The standard InChI is InChI=1S/C13H11Cl2N3O2/c14-10-8-11(18-13(15)16-10)17-12(19)6-7-20-9-4-2-1-3-5-9/h1-5,8H,6-7H2,(H,16,17,18,19). The Kier molecular flexibility index (Phi) is 5.15. The molecule has 2 aromatic rings. The highest BCUT2D eigenvalue weighted by molar-refractivity contribution is 6.32. The lowest BCUT2D eigenvalue weighted by Crippen LogP contribution is -2.16. The van der Waals surface area contributed by atoms with Crippen molar-refractivity contribution < 1.29 is 9.53 Å². The second-order valence-corrected chi connectivity index (χ2v) is 4.53. The van der Waals surface area contributed by atoms with Crippen molar-refractivity contribution in [2.75, 3.05) is 11.9 Å². The van der Waals surface area contributed by atoms with E-state index in [1.807, 2.05) is 30.3 Å². The van der Waals surface area contributed by atoms with Gasteiger partial charge in [-0.2, -0.15) is 0 Å². The van der Waals surface area contributed by atoms with E-state index in [2.05, 4.69) is 15.3 Å². The van der Waals surface area contributed by atoms with Crippen LogP contribution in [0.25, 0.3) is 0 Å². The third-order valence-electron chi connectivity index (χ3n) is 2.28. The molecule has 0 spiro atoms. The molecule has 1 N–H and O–H groups in total.